The Bertz CT molecular complexity index is 1060. The van der Waals surface area contributed by atoms with Gasteiger partial charge in [-0.1, -0.05) is 30.7 Å². The van der Waals surface area contributed by atoms with Crippen LogP contribution < -0.4 is 4.74 Å². The Hall–Kier alpha value is -3.19. The molecule has 0 aromatic heterocycles. The summed E-state index contributed by atoms with van der Waals surface area (Å²) in [6.45, 7) is 5.05. The molecule has 2 saturated heterocycles. The number of benzene rings is 2. The third-order valence-electron chi connectivity index (χ3n) is 6.78. The van der Waals surface area contributed by atoms with Crippen molar-refractivity contribution >= 4 is 18.0 Å². The molecule has 2 fully saturated rings. The zero-order valence-electron chi connectivity index (χ0n) is 20.9. The second-order valence-electron chi connectivity index (χ2n) is 9.41. The lowest BCUT2D eigenvalue weighted by molar-refractivity contribution is -0.151. The quantitative estimate of drug-likeness (QED) is 0.389. The largest absolute Gasteiger partial charge is 0.490 e. The molecule has 0 saturated carbocycles. The molecule has 7 heteroatoms. The molecule has 2 aromatic rings. The van der Waals surface area contributed by atoms with Crippen molar-refractivity contribution in [3.8, 4) is 5.75 Å². The summed E-state index contributed by atoms with van der Waals surface area (Å²) in [6.07, 6.45) is 7.66. The van der Waals surface area contributed by atoms with Crippen LogP contribution in [0.25, 0.3) is 6.08 Å². The molecule has 4 rings (SSSR count). The van der Waals surface area contributed by atoms with E-state index in [0.717, 1.165) is 50.0 Å². The van der Waals surface area contributed by atoms with Crippen LogP contribution in [0.2, 0.25) is 0 Å². The average molecular weight is 495 g/mol. The van der Waals surface area contributed by atoms with E-state index in [1.54, 1.807) is 23.1 Å². The van der Waals surface area contributed by atoms with E-state index in [1.165, 1.54) is 18.2 Å². The first-order valence-electron chi connectivity index (χ1n) is 12.9. The van der Waals surface area contributed by atoms with E-state index < -0.39 is 0 Å². The molecule has 2 aromatic carbocycles. The second-order valence-corrected chi connectivity index (χ2v) is 9.41. The highest BCUT2D eigenvalue weighted by atomic mass is 19.1. The Kier molecular flexibility index (Phi) is 9.11. The van der Waals surface area contributed by atoms with Crippen LogP contribution in [0.3, 0.4) is 0 Å². The molecule has 0 radical (unpaired) electrons. The molecule has 0 spiro atoms. The lowest BCUT2D eigenvalue weighted by Crippen LogP contribution is -2.44. The third-order valence-corrected chi connectivity index (χ3v) is 6.78. The highest BCUT2D eigenvalue weighted by molar-refractivity contribution is 5.91. The molecule has 2 aliphatic heterocycles. The van der Waals surface area contributed by atoms with Crippen molar-refractivity contribution in [3.63, 3.8) is 0 Å². The number of rotatable bonds is 8. The van der Waals surface area contributed by atoms with E-state index in [4.69, 9.17) is 9.47 Å². The van der Waals surface area contributed by atoms with Gasteiger partial charge in [-0.2, -0.15) is 0 Å². The third kappa shape index (κ3) is 7.17. The Morgan fingerprint density at radius 3 is 2.61 bits per heavy atom. The van der Waals surface area contributed by atoms with E-state index in [9.17, 15) is 14.0 Å². The van der Waals surface area contributed by atoms with Gasteiger partial charge in [-0.15, -0.1) is 0 Å². The zero-order chi connectivity index (χ0) is 25.3. The lowest BCUT2D eigenvalue weighted by atomic mass is 10.0. The number of nitrogens with zero attached hydrogens (tertiary/aromatic N) is 2. The average Bonchev–Trinajstić information content (AvgIpc) is 2.88. The topological polar surface area (TPSA) is 59.1 Å². The Morgan fingerprint density at radius 2 is 1.83 bits per heavy atom. The molecule has 2 heterocycles. The number of carbonyl (C=O) groups excluding carboxylic acids is 2. The Labute approximate surface area is 212 Å². The van der Waals surface area contributed by atoms with E-state index in [2.05, 4.69) is 17.0 Å². The van der Waals surface area contributed by atoms with Crippen LogP contribution in [0.1, 0.15) is 50.2 Å². The molecule has 0 bridgehead atoms. The molecule has 0 unspecified atom stereocenters. The number of amides is 1. The van der Waals surface area contributed by atoms with Crippen molar-refractivity contribution in [2.45, 2.75) is 57.7 Å². The van der Waals surface area contributed by atoms with Gasteiger partial charge in [-0.05, 0) is 67.8 Å². The maximum absolute atomic E-state index is 13.3. The molecular formula is C29H35FN2O4. The van der Waals surface area contributed by atoms with Crippen LogP contribution in [0.4, 0.5) is 4.39 Å². The molecule has 0 aliphatic carbocycles. The number of carbonyl (C=O) groups is 2. The SMILES string of the molecule is CCOC(=O)[C@@H]1CCCCN1Cc1cccc(OC2CCN(C(=O)/C=C/c3cccc(F)c3)CC2)c1. The number of halogens is 1. The highest BCUT2D eigenvalue weighted by Gasteiger charge is 2.30. The maximum atomic E-state index is 13.3. The summed E-state index contributed by atoms with van der Waals surface area (Å²) in [7, 11) is 0. The predicted molar refractivity (Wildman–Crippen MR) is 137 cm³/mol. The van der Waals surface area contributed by atoms with Gasteiger partial charge < -0.3 is 14.4 Å². The van der Waals surface area contributed by atoms with Crippen LogP contribution in [0.15, 0.2) is 54.6 Å². The first kappa shape index (κ1) is 25.9. The highest BCUT2D eigenvalue weighted by Crippen LogP contribution is 2.24. The minimum absolute atomic E-state index is 0.0405. The van der Waals surface area contributed by atoms with Crippen molar-refractivity contribution in [3.05, 3.63) is 71.6 Å². The van der Waals surface area contributed by atoms with Gasteiger partial charge in [0.1, 0.15) is 23.7 Å². The number of ether oxygens (including phenoxy) is 2. The lowest BCUT2D eigenvalue weighted by Gasteiger charge is -2.34. The molecule has 1 amide bonds. The fraction of sp³-hybridized carbons (Fsp3) is 0.448. The molecule has 36 heavy (non-hydrogen) atoms. The number of esters is 1. The van der Waals surface area contributed by atoms with Crippen molar-refractivity contribution in [1.29, 1.82) is 0 Å². The zero-order valence-corrected chi connectivity index (χ0v) is 20.9. The second kappa shape index (κ2) is 12.7. The van der Waals surface area contributed by atoms with Crippen LogP contribution in [-0.2, 0) is 20.9 Å². The number of likely N-dealkylation sites (tertiary alicyclic amines) is 2. The summed E-state index contributed by atoms with van der Waals surface area (Å²) >= 11 is 0. The van der Waals surface area contributed by atoms with Crippen LogP contribution >= 0.6 is 0 Å². The molecule has 1 atom stereocenters. The minimum atomic E-state index is -0.318. The summed E-state index contributed by atoms with van der Waals surface area (Å²) in [5.41, 5.74) is 1.78. The number of hydrogen-bond acceptors (Lipinski definition) is 5. The summed E-state index contributed by atoms with van der Waals surface area (Å²) in [6, 6.07) is 14.1. The Morgan fingerprint density at radius 1 is 1.03 bits per heavy atom. The summed E-state index contributed by atoms with van der Waals surface area (Å²) < 4.78 is 24.9. The minimum Gasteiger partial charge on any atom is -0.490 e. The van der Waals surface area contributed by atoms with Crippen molar-refractivity contribution in [1.82, 2.24) is 9.80 Å². The van der Waals surface area contributed by atoms with Gasteiger partial charge in [0.05, 0.1) is 6.61 Å². The first-order valence-corrected chi connectivity index (χ1v) is 12.9. The van der Waals surface area contributed by atoms with E-state index in [-0.39, 0.29) is 29.8 Å². The van der Waals surface area contributed by atoms with Gasteiger partial charge >= 0.3 is 5.97 Å². The van der Waals surface area contributed by atoms with E-state index in [0.29, 0.717) is 31.8 Å². The fourth-order valence-corrected chi connectivity index (χ4v) is 4.91. The van der Waals surface area contributed by atoms with Gasteiger partial charge in [-0.3, -0.25) is 14.5 Å². The van der Waals surface area contributed by atoms with Crippen molar-refractivity contribution in [2.24, 2.45) is 0 Å². The molecule has 6 nitrogen and oxygen atoms in total. The van der Waals surface area contributed by atoms with Crippen LogP contribution in [-0.4, -0.2) is 60.1 Å². The van der Waals surface area contributed by atoms with Gasteiger partial charge in [0.25, 0.3) is 0 Å². The van der Waals surface area contributed by atoms with Gasteiger partial charge in [0.15, 0.2) is 0 Å². The van der Waals surface area contributed by atoms with Gasteiger partial charge in [0.2, 0.25) is 5.91 Å². The summed E-state index contributed by atoms with van der Waals surface area (Å²) in [4.78, 5) is 28.9. The maximum Gasteiger partial charge on any atom is 0.323 e. The first-order chi connectivity index (χ1) is 17.5. The van der Waals surface area contributed by atoms with Crippen molar-refractivity contribution < 1.29 is 23.5 Å². The van der Waals surface area contributed by atoms with Crippen LogP contribution in [0.5, 0.6) is 5.75 Å². The molecular weight excluding hydrogens is 459 g/mol. The predicted octanol–water partition coefficient (Wildman–Crippen LogP) is 4.83. The standard InChI is InChI=1S/C29H35FN2O4/c1-2-35-29(34)27-11-3-4-16-32(27)21-23-8-6-10-26(20-23)36-25-14-17-31(18-15-25)28(33)13-12-22-7-5-9-24(30)19-22/h5-10,12-13,19-20,25,27H,2-4,11,14-18,21H2,1H3/b13-12+/t27-/m0/s1. The van der Waals surface area contributed by atoms with E-state index >= 15 is 0 Å². The molecule has 0 N–H and O–H groups in total. The van der Waals surface area contributed by atoms with Crippen LogP contribution in [0, 0.1) is 5.82 Å². The number of hydrogen-bond donors (Lipinski definition) is 0. The Balaban J connectivity index is 1.28. The summed E-state index contributed by atoms with van der Waals surface area (Å²) in [5.74, 6) is 0.295. The monoisotopic (exact) mass is 494 g/mol. The van der Waals surface area contributed by atoms with Gasteiger partial charge in [-0.25, -0.2) is 4.39 Å². The van der Waals surface area contributed by atoms with Crippen molar-refractivity contribution in [2.75, 3.05) is 26.2 Å². The normalized spacial score (nSPS) is 19.4. The summed E-state index contributed by atoms with van der Waals surface area (Å²) in [5, 5.41) is 0. The van der Waals surface area contributed by atoms with Gasteiger partial charge in [0, 0.05) is 38.6 Å². The smallest absolute Gasteiger partial charge is 0.323 e. The molecule has 2 aliphatic rings. The number of piperidine rings is 2. The fourth-order valence-electron chi connectivity index (χ4n) is 4.91. The van der Waals surface area contributed by atoms with E-state index in [1.807, 2.05) is 19.1 Å². The molecule has 192 valence electrons.